The summed E-state index contributed by atoms with van der Waals surface area (Å²) in [6.45, 7) is -0.0709. The zero-order chi connectivity index (χ0) is 18.7. The Bertz CT molecular complexity index is 1070. The molecule has 0 saturated heterocycles. The highest BCUT2D eigenvalue weighted by Crippen LogP contribution is 2.18. The highest BCUT2D eigenvalue weighted by Gasteiger charge is 2.15. The maximum Gasteiger partial charge on any atom is 0.313 e. The number of aromatic nitrogens is 2. The average molecular weight is 375 g/mol. The summed E-state index contributed by atoms with van der Waals surface area (Å²) in [7, 11) is 0. The minimum absolute atomic E-state index is 0.0709. The van der Waals surface area contributed by atoms with E-state index >= 15 is 0 Å². The lowest BCUT2D eigenvalue weighted by Gasteiger charge is -2.08. The molecule has 9 heteroatoms. The van der Waals surface area contributed by atoms with Gasteiger partial charge in [0, 0.05) is 11.1 Å². The summed E-state index contributed by atoms with van der Waals surface area (Å²) in [5.74, 6) is -2.62. The molecule has 0 fully saturated rings. The molecule has 0 unspecified atom stereocenters. The SMILES string of the molecule is O=C(NCc1n[nH]c(=O)c2ccccc12)C(=O)Nc1ccc(Cl)c(F)c1. The lowest BCUT2D eigenvalue weighted by Crippen LogP contribution is -2.35. The van der Waals surface area contributed by atoms with Crippen LogP contribution in [0.1, 0.15) is 5.69 Å². The minimum atomic E-state index is -0.972. The van der Waals surface area contributed by atoms with Crippen molar-refractivity contribution in [2.24, 2.45) is 0 Å². The van der Waals surface area contributed by atoms with E-state index in [2.05, 4.69) is 20.8 Å². The number of anilines is 1. The highest BCUT2D eigenvalue weighted by molar-refractivity contribution is 6.39. The molecule has 3 N–H and O–H groups in total. The lowest BCUT2D eigenvalue weighted by atomic mass is 10.1. The molecule has 3 rings (SSSR count). The van der Waals surface area contributed by atoms with E-state index in [9.17, 15) is 18.8 Å². The van der Waals surface area contributed by atoms with Crippen LogP contribution in [-0.4, -0.2) is 22.0 Å². The van der Waals surface area contributed by atoms with Crippen molar-refractivity contribution < 1.29 is 14.0 Å². The molecule has 0 aliphatic carbocycles. The van der Waals surface area contributed by atoms with Gasteiger partial charge in [-0.25, -0.2) is 9.49 Å². The Morgan fingerprint density at radius 1 is 1.12 bits per heavy atom. The molecule has 1 aromatic heterocycles. The zero-order valence-corrected chi connectivity index (χ0v) is 13.9. The topological polar surface area (TPSA) is 104 Å². The van der Waals surface area contributed by atoms with Crippen LogP contribution in [0.3, 0.4) is 0 Å². The quantitative estimate of drug-likeness (QED) is 0.610. The fourth-order valence-corrected chi connectivity index (χ4v) is 2.43. The molecule has 0 spiro atoms. The molecular weight excluding hydrogens is 363 g/mol. The summed E-state index contributed by atoms with van der Waals surface area (Å²) in [6, 6.07) is 10.4. The molecule has 3 aromatic rings. The van der Waals surface area contributed by atoms with E-state index in [1.807, 2.05) is 0 Å². The van der Waals surface area contributed by atoms with Crippen molar-refractivity contribution >= 4 is 39.9 Å². The summed E-state index contributed by atoms with van der Waals surface area (Å²) in [5, 5.41) is 11.8. The van der Waals surface area contributed by atoms with E-state index in [4.69, 9.17) is 11.6 Å². The molecule has 0 saturated carbocycles. The lowest BCUT2D eigenvalue weighted by molar-refractivity contribution is -0.136. The Morgan fingerprint density at radius 3 is 2.58 bits per heavy atom. The molecule has 0 bridgehead atoms. The predicted octanol–water partition coefficient (Wildman–Crippen LogP) is 1.97. The van der Waals surface area contributed by atoms with Gasteiger partial charge in [-0.3, -0.25) is 14.4 Å². The van der Waals surface area contributed by atoms with Gasteiger partial charge in [0.25, 0.3) is 5.56 Å². The summed E-state index contributed by atoms with van der Waals surface area (Å²) in [5.41, 5.74) is 0.150. The fourth-order valence-electron chi connectivity index (χ4n) is 2.31. The van der Waals surface area contributed by atoms with Gasteiger partial charge in [-0.05, 0) is 24.3 Å². The molecule has 26 heavy (non-hydrogen) atoms. The van der Waals surface area contributed by atoms with Gasteiger partial charge in [-0.2, -0.15) is 5.10 Å². The van der Waals surface area contributed by atoms with E-state index in [0.717, 1.165) is 6.07 Å². The van der Waals surface area contributed by atoms with Crippen molar-refractivity contribution in [1.29, 1.82) is 0 Å². The number of rotatable bonds is 3. The van der Waals surface area contributed by atoms with Crippen LogP contribution in [0.2, 0.25) is 5.02 Å². The number of halogens is 2. The largest absolute Gasteiger partial charge is 0.342 e. The van der Waals surface area contributed by atoms with E-state index in [0.29, 0.717) is 16.5 Å². The molecule has 0 aliphatic rings. The molecule has 0 aliphatic heterocycles. The number of hydrogen-bond acceptors (Lipinski definition) is 4. The monoisotopic (exact) mass is 374 g/mol. The number of nitrogens with zero attached hydrogens (tertiary/aromatic N) is 1. The smallest absolute Gasteiger partial charge is 0.313 e. The van der Waals surface area contributed by atoms with Crippen molar-refractivity contribution in [2.45, 2.75) is 6.54 Å². The molecule has 2 amide bonds. The summed E-state index contributed by atoms with van der Waals surface area (Å²) in [4.78, 5) is 35.5. The summed E-state index contributed by atoms with van der Waals surface area (Å²) < 4.78 is 13.4. The fraction of sp³-hybridized carbons (Fsp3) is 0.0588. The normalized spacial score (nSPS) is 10.5. The van der Waals surface area contributed by atoms with Crippen molar-refractivity contribution in [1.82, 2.24) is 15.5 Å². The average Bonchev–Trinajstić information content (AvgIpc) is 2.64. The van der Waals surface area contributed by atoms with Crippen LogP contribution in [0.4, 0.5) is 10.1 Å². The highest BCUT2D eigenvalue weighted by atomic mass is 35.5. The third-order valence-electron chi connectivity index (χ3n) is 3.58. The molecule has 0 radical (unpaired) electrons. The van der Waals surface area contributed by atoms with Crippen LogP contribution < -0.4 is 16.2 Å². The Kier molecular flexibility index (Phi) is 4.94. The molecule has 1 heterocycles. The number of fused-ring (bicyclic) bond motifs is 1. The van der Waals surface area contributed by atoms with Gasteiger partial charge in [0.15, 0.2) is 0 Å². The first-order valence-electron chi connectivity index (χ1n) is 7.46. The standard InChI is InChI=1S/C17H12ClFN4O3/c18-12-6-5-9(7-13(12)19)21-17(26)16(25)20-8-14-10-3-1-2-4-11(10)15(24)23-22-14/h1-7H,8H2,(H,20,25)(H,21,26)(H,23,24). The molecule has 132 valence electrons. The number of hydrogen-bond donors (Lipinski definition) is 3. The van der Waals surface area contributed by atoms with E-state index < -0.39 is 17.6 Å². The second-order valence-electron chi connectivity index (χ2n) is 5.31. The second kappa shape index (κ2) is 7.32. The van der Waals surface area contributed by atoms with Crippen molar-refractivity contribution in [3.8, 4) is 0 Å². The van der Waals surface area contributed by atoms with Gasteiger partial charge >= 0.3 is 11.8 Å². The van der Waals surface area contributed by atoms with Gasteiger partial charge in [0.1, 0.15) is 5.82 Å². The summed E-state index contributed by atoms with van der Waals surface area (Å²) in [6.07, 6.45) is 0. The van der Waals surface area contributed by atoms with Gasteiger partial charge in [-0.15, -0.1) is 0 Å². The maximum absolute atomic E-state index is 13.4. The molecule has 0 atom stereocenters. The van der Waals surface area contributed by atoms with Crippen LogP contribution in [0.15, 0.2) is 47.3 Å². The van der Waals surface area contributed by atoms with Gasteiger partial charge in [0.2, 0.25) is 0 Å². The summed E-state index contributed by atoms with van der Waals surface area (Å²) >= 11 is 5.56. The van der Waals surface area contributed by atoms with Crippen LogP contribution >= 0.6 is 11.6 Å². The Morgan fingerprint density at radius 2 is 1.85 bits per heavy atom. The third-order valence-corrected chi connectivity index (χ3v) is 3.88. The molecule has 2 aromatic carbocycles. The second-order valence-corrected chi connectivity index (χ2v) is 5.72. The first kappa shape index (κ1) is 17.6. The molecule has 7 nitrogen and oxygen atoms in total. The van der Waals surface area contributed by atoms with Crippen molar-refractivity contribution in [3.63, 3.8) is 0 Å². The number of H-pyrrole nitrogens is 1. The van der Waals surface area contributed by atoms with E-state index in [1.165, 1.54) is 12.1 Å². The maximum atomic E-state index is 13.4. The number of carbonyl (C=O) groups excluding carboxylic acids is 2. The number of benzene rings is 2. The Labute approximate surface area is 151 Å². The zero-order valence-electron chi connectivity index (χ0n) is 13.2. The first-order chi connectivity index (χ1) is 12.5. The predicted molar refractivity (Wildman–Crippen MR) is 94.3 cm³/mol. The van der Waals surface area contributed by atoms with Crippen LogP contribution in [0.5, 0.6) is 0 Å². The van der Waals surface area contributed by atoms with Crippen LogP contribution in [-0.2, 0) is 16.1 Å². The van der Waals surface area contributed by atoms with Crippen molar-refractivity contribution in [3.05, 3.63) is 69.4 Å². The van der Waals surface area contributed by atoms with Gasteiger partial charge in [0.05, 0.1) is 22.6 Å². The van der Waals surface area contributed by atoms with Gasteiger partial charge in [-0.1, -0.05) is 29.8 Å². The van der Waals surface area contributed by atoms with E-state index in [-0.39, 0.29) is 22.8 Å². The van der Waals surface area contributed by atoms with Crippen molar-refractivity contribution in [2.75, 3.05) is 5.32 Å². The Hall–Kier alpha value is -3.26. The first-order valence-corrected chi connectivity index (χ1v) is 7.84. The number of amides is 2. The number of aromatic amines is 1. The number of nitrogens with one attached hydrogen (secondary N) is 3. The van der Waals surface area contributed by atoms with Gasteiger partial charge < -0.3 is 10.6 Å². The Balaban J connectivity index is 1.69. The molecular formula is C17H12ClFN4O3. The van der Waals surface area contributed by atoms with Crippen LogP contribution in [0.25, 0.3) is 10.8 Å². The third kappa shape index (κ3) is 3.70. The number of carbonyl (C=O) groups is 2. The minimum Gasteiger partial charge on any atom is -0.342 e. The van der Waals surface area contributed by atoms with Crippen LogP contribution in [0, 0.1) is 5.82 Å². The van der Waals surface area contributed by atoms with E-state index in [1.54, 1.807) is 24.3 Å².